The largest absolute Gasteiger partial charge is 0.493 e. The van der Waals surface area contributed by atoms with E-state index in [1.54, 1.807) is 23.7 Å². The Morgan fingerprint density at radius 1 is 1.06 bits per heavy atom. The average molecular weight is 228 g/mol. The first-order valence-corrected chi connectivity index (χ1v) is 5.65. The minimum Gasteiger partial charge on any atom is -0.493 e. The van der Waals surface area contributed by atoms with Gasteiger partial charge in [-0.25, -0.2) is 4.98 Å². The lowest BCUT2D eigenvalue weighted by Gasteiger charge is -1.92. The number of fused-ring (bicyclic) bond motifs is 1. The summed E-state index contributed by atoms with van der Waals surface area (Å²) in [6, 6.07) is 9.60. The topological polar surface area (TPSA) is 46.0 Å². The molecule has 1 N–H and O–H groups in total. The molecule has 3 aromatic heterocycles. The van der Waals surface area contributed by atoms with E-state index < -0.39 is 0 Å². The highest BCUT2D eigenvalue weighted by atomic mass is 32.1. The Labute approximate surface area is 96.0 Å². The van der Waals surface area contributed by atoms with Gasteiger partial charge in [0.15, 0.2) is 0 Å². The summed E-state index contributed by atoms with van der Waals surface area (Å²) < 4.78 is 1.02. The third-order valence-electron chi connectivity index (χ3n) is 2.34. The number of pyridine rings is 2. The molecule has 4 heteroatoms. The van der Waals surface area contributed by atoms with Crippen LogP contribution in [0.4, 0.5) is 0 Å². The zero-order chi connectivity index (χ0) is 11.0. The zero-order valence-corrected chi connectivity index (χ0v) is 9.11. The standard InChI is InChI=1S/C12H8N2OS/c15-12-8-7-11(9-3-1-2-5-13-9)16-10(8)4-6-14-12/h1-7H,(H,14,15). The molecule has 78 valence electrons. The van der Waals surface area contributed by atoms with Crippen molar-refractivity contribution in [2.45, 2.75) is 0 Å². The highest BCUT2D eigenvalue weighted by Crippen LogP contribution is 2.35. The van der Waals surface area contributed by atoms with Gasteiger partial charge in [0.1, 0.15) is 0 Å². The van der Waals surface area contributed by atoms with Crippen molar-refractivity contribution in [3.63, 3.8) is 0 Å². The Morgan fingerprint density at radius 2 is 2.00 bits per heavy atom. The summed E-state index contributed by atoms with van der Waals surface area (Å²) in [6.07, 6.45) is 3.37. The molecule has 0 spiro atoms. The molecule has 0 aromatic carbocycles. The van der Waals surface area contributed by atoms with Crippen molar-refractivity contribution in [2.75, 3.05) is 0 Å². The maximum Gasteiger partial charge on any atom is 0.219 e. The molecular formula is C12H8N2OS. The number of hydrogen-bond acceptors (Lipinski definition) is 4. The van der Waals surface area contributed by atoms with Crippen molar-refractivity contribution >= 4 is 21.4 Å². The van der Waals surface area contributed by atoms with Gasteiger partial charge in [-0.3, -0.25) is 4.98 Å². The molecule has 0 aliphatic rings. The first-order valence-electron chi connectivity index (χ1n) is 4.83. The second-order valence-corrected chi connectivity index (χ2v) is 4.46. The molecule has 0 atom stereocenters. The van der Waals surface area contributed by atoms with Crippen LogP contribution in [0.25, 0.3) is 20.7 Å². The van der Waals surface area contributed by atoms with E-state index in [4.69, 9.17) is 0 Å². The van der Waals surface area contributed by atoms with Crippen LogP contribution in [0.15, 0.2) is 42.7 Å². The van der Waals surface area contributed by atoms with E-state index in [0.29, 0.717) is 0 Å². The molecule has 3 heterocycles. The van der Waals surface area contributed by atoms with E-state index in [9.17, 15) is 5.11 Å². The molecule has 0 aliphatic carbocycles. The van der Waals surface area contributed by atoms with Crippen LogP contribution in [0.3, 0.4) is 0 Å². The van der Waals surface area contributed by atoms with Gasteiger partial charge in [-0.05, 0) is 24.3 Å². The quantitative estimate of drug-likeness (QED) is 0.696. The minimum absolute atomic E-state index is 0.0796. The molecule has 0 saturated carbocycles. The number of aromatic nitrogens is 2. The van der Waals surface area contributed by atoms with E-state index in [2.05, 4.69) is 9.97 Å². The van der Waals surface area contributed by atoms with E-state index >= 15 is 0 Å². The van der Waals surface area contributed by atoms with Gasteiger partial charge in [-0.1, -0.05) is 6.07 Å². The molecule has 3 rings (SSSR count). The molecular weight excluding hydrogens is 220 g/mol. The Morgan fingerprint density at radius 3 is 2.75 bits per heavy atom. The number of aromatic hydroxyl groups is 1. The molecule has 3 aromatic rings. The van der Waals surface area contributed by atoms with Crippen molar-refractivity contribution < 1.29 is 5.11 Å². The molecule has 16 heavy (non-hydrogen) atoms. The van der Waals surface area contributed by atoms with Crippen molar-refractivity contribution in [3.8, 4) is 16.5 Å². The highest BCUT2D eigenvalue weighted by Gasteiger charge is 2.08. The predicted molar refractivity (Wildman–Crippen MR) is 64.5 cm³/mol. The van der Waals surface area contributed by atoms with Gasteiger partial charge in [0.25, 0.3) is 0 Å². The van der Waals surface area contributed by atoms with Crippen LogP contribution < -0.4 is 0 Å². The van der Waals surface area contributed by atoms with Crippen molar-refractivity contribution in [1.29, 1.82) is 0 Å². The zero-order valence-electron chi connectivity index (χ0n) is 8.29. The van der Waals surface area contributed by atoms with E-state index in [0.717, 1.165) is 20.7 Å². The van der Waals surface area contributed by atoms with Crippen LogP contribution in [0.2, 0.25) is 0 Å². The monoisotopic (exact) mass is 228 g/mol. The average Bonchev–Trinajstić information content (AvgIpc) is 2.76. The van der Waals surface area contributed by atoms with Gasteiger partial charge >= 0.3 is 0 Å². The lowest BCUT2D eigenvalue weighted by Crippen LogP contribution is -1.75. The smallest absolute Gasteiger partial charge is 0.219 e. The van der Waals surface area contributed by atoms with Crippen LogP contribution in [-0.4, -0.2) is 15.1 Å². The minimum atomic E-state index is 0.0796. The van der Waals surface area contributed by atoms with Gasteiger partial charge < -0.3 is 5.11 Å². The van der Waals surface area contributed by atoms with E-state index in [1.165, 1.54) is 0 Å². The summed E-state index contributed by atoms with van der Waals surface area (Å²) in [5.41, 5.74) is 0.920. The molecule has 0 bridgehead atoms. The Hall–Kier alpha value is -1.94. The predicted octanol–water partition coefficient (Wildman–Crippen LogP) is 3.06. The SMILES string of the molecule is Oc1nccc2sc(-c3ccccn3)cc12. The van der Waals surface area contributed by atoms with Crippen molar-refractivity contribution in [1.82, 2.24) is 9.97 Å². The number of nitrogens with zero attached hydrogens (tertiary/aromatic N) is 2. The fourth-order valence-corrected chi connectivity index (χ4v) is 2.61. The fraction of sp³-hybridized carbons (Fsp3) is 0. The van der Waals surface area contributed by atoms with Crippen LogP contribution in [0.1, 0.15) is 0 Å². The summed E-state index contributed by atoms with van der Waals surface area (Å²) >= 11 is 1.60. The maximum absolute atomic E-state index is 9.61. The highest BCUT2D eigenvalue weighted by molar-refractivity contribution is 7.22. The van der Waals surface area contributed by atoms with Gasteiger partial charge in [-0.2, -0.15) is 0 Å². The first-order chi connectivity index (χ1) is 7.84. The van der Waals surface area contributed by atoms with E-state index in [1.807, 2.05) is 30.3 Å². The van der Waals surface area contributed by atoms with Crippen molar-refractivity contribution in [3.05, 3.63) is 42.7 Å². The number of hydrogen-bond donors (Lipinski definition) is 1. The Bertz CT molecular complexity index is 634. The number of rotatable bonds is 1. The molecule has 0 amide bonds. The number of thiophene rings is 1. The van der Waals surface area contributed by atoms with Gasteiger partial charge in [0, 0.05) is 17.1 Å². The fourth-order valence-electron chi connectivity index (χ4n) is 1.58. The third-order valence-corrected chi connectivity index (χ3v) is 3.46. The summed E-state index contributed by atoms with van der Waals surface area (Å²) in [4.78, 5) is 9.18. The maximum atomic E-state index is 9.61. The van der Waals surface area contributed by atoms with Crippen LogP contribution in [0, 0.1) is 0 Å². The van der Waals surface area contributed by atoms with E-state index in [-0.39, 0.29) is 5.88 Å². The third kappa shape index (κ3) is 1.44. The summed E-state index contributed by atoms with van der Waals surface area (Å²) in [7, 11) is 0. The lowest BCUT2D eigenvalue weighted by molar-refractivity contribution is 0.460. The molecule has 3 nitrogen and oxygen atoms in total. The molecule has 0 saturated heterocycles. The second kappa shape index (κ2) is 3.57. The van der Waals surface area contributed by atoms with Gasteiger partial charge in [-0.15, -0.1) is 11.3 Å². The summed E-state index contributed by atoms with van der Waals surface area (Å²) in [6.45, 7) is 0. The van der Waals surface area contributed by atoms with Crippen LogP contribution in [0.5, 0.6) is 5.88 Å². The van der Waals surface area contributed by atoms with Crippen molar-refractivity contribution in [2.24, 2.45) is 0 Å². The second-order valence-electron chi connectivity index (χ2n) is 3.37. The Kier molecular flexibility index (Phi) is 2.08. The molecule has 0 radical (unpaired) electrons. The molecule has 0 unspecified atom stereocenters. The summed E-state index contributed by atoms with van der Waals surface area (Å²) in [5.74, 6) is 0.0796. The van der Waals surface area contributed by atoms with Crippen LogP contribution in [-0.2, 0) is 0 Å². The molecule has 0 fully saturated rings. The first kappa shape index (κ1) is 9.30. The van der Waals surface area contributed by atoms with Crippen LogP contribution >= 0.6 is 11.3 Å². The summed E-state index contributed by atoms with van der Waals surface area (Å²) in [5, 5.41) is 10.4. The van der Waals surface area contributed by atoms with Gasteiger partial charge in [0.05, 0.1) is 16.0 Å². The van der Waals surface area contributed by atoms with Gasteiger partial charge in [0.2, 0.25) is 5.88 Å². The molecule has 0 aliphatic heterocycles. The Balaban J connectivity index is 2.23. The normalized spacial score (nSPS) is 10.8. The lowest BCUT2D eigenvalue weighted by atomic mass is 10.2.